The number of ether oxygens (including phenoxy) is 1. The van der Waals surface area contributed by atoms with Crippen molar-refractivity contribution in [3.8, 4) is 62.1 Å². The molecule has 3 aromatic heterocycles. The van der Waals surface area contributed by atoms with Crippen molar-refractivity contribution in [2.24, 2.45) is 5.41 Å². The zero-order valence-corrected chi connectivity index (χ0v) is 42.1. The van der Waals surface area contributed by atoms with Gasteiger partial charge in [0.2, 0.25) is 0 Å². The van der Waals surface area contributed by atoms with Crippen LogP contribution >= 0.6 is 0 Å². The number of aromatic nitrogens is 4. The summed E-state index contributed by atoms with van der Waals surface area (Å²) in [5, 5.41) is 2.01. The molecule has 0 aliphatic heterocycles. The van der Waals surface area contributed by atoms with Crippen molar-refractivity contribution < 1.29 is 44.1 Å². The summed E-state index contributed by atoms with van der Waals surface area (Å²) in [7, 11) is 0. The van der Waals surface area contributed by atoms with Crippen LogP contribution in [0.2, 0.25) is 0 Å². The van der Waals surface area contributed by atoms with E-state index in [9.17, 15) is 0 Å². The van der Waals surface area contributed by atoms with Crippen LogP contribution in [0, 0.1) is 23.9 Å². The molecular formula is C64H54N4OPt-2. The molecule has 70 heavy (non-hydrogen) atoms. The Morgan fingerprint density at radius 2 is 1.24 bits per heavy atom. The van der Waals surface area contributed by atoms with E-state index in [4.69, 9.17) is 23.4 Å². The molecule has 0 aliphatic rings. The zero-order valence-electron chi connectivity index (χ0n) is 49.8. The van der Waals surface area contributed by atoms with Crippen LogP contribution in [0.4, 0.5) is 0 Å². The summed E-state index contributed by atoms with van der Waals surface area (Å²) in [6.07, 6.45) is 5.42. The molecule has 8 aromatic carbocycles. The standard InChI is InChI=1S/C64H54N4O.Pt/c1-43(63(2,3)4)55-40-61(65-41-56(55)46-32-34-47(35-33-46)64(5,6)7)68-57-29-15-14-26-53(57)54-37-36-50(39-60(54)68)69-49-25-18-24-48(38-49)66-42-67(59-31-17-16-30-58(59)66)62-51(44-20-10-8-11-21-44)27-19-28-52(62)45-22-12-9-13-23-45;/h8-37,40-41,43H,1-7H3;/q-2;/i8D,9D,10D,11D,12D,13D,20D,21D,22D,23D;. The second kappa shape index (κ2) is 18.5. The Morgan fingerprint density at radius 1 is 0.614 bits per heavy atom. The number of hydrogen-bond donors (Lipinski definition) is 0. The molecule has 0 fully saturated rings. The van der Waals surface area contributed by atoms with Crippen molar-refractivity contribution in [2.45, 2.75) is 59.8 Å². The molecule has 11 rings (SSSR count). The van der Waals surface area contributed by atoms with Crippen molar-refractivity contribution in [1.29, 1.82) is 0 Å². The number of nitrogens with zero attached hydrogens (tertiary/aromatic N) is 4. The van der Waals surface area contributed by atoms with Crippen molar-refractivity contribution >= 4 is 32.8 Å². The maximum atomic E-state index is 9.05. The smallest absolute Gasteiger partial charge is 0.268 e. The first-order chi connectivity index (χ1) is 37.5. The maximum Gasteiger partial charge on any atom is 0.268 e. The van der Waals surface area contributed by atoms with Crippen molar-refractivity contribution in [3.05, 3.63) is 224 Å². The molecule has 0 saturated heterocycles. The van der Waals surface area contributed by atoms with E-state index in [0.29, 0.717) is 28.2 Å². The number of rotatable bonds is 9. The molecule has 5 nitrogen and oxygen atoms in total. The van der Waals surface area contributed by atoms with E-state index in [0.717, 1.165) is 38.8 Å². The summed E-state index contributed by atoms with van der Waals surface area (Å²) in [5.41, 5.74) is 8.15. The summed E-state index contributed by atoms with van der Waals surface area (Å²) in [4.78, 5) is 5.19. The fraction of sp³-hybridized carbons (Fsp3) is 0.156. The second-order valence-electron chi connectivity index (χ2n) is 19.4. The molecule has 0 aliphatic carbocycles. The maximum absolute atomic E-state index is 9.05. The number of hydrogen-bond acceptors (Lipinski definition) is 2. The zero-order chi connectivity index (χ0) is 56.1. The SMILES string of the molecule is [2H]c1c([2H])c([2H])c(-c2cccc(-c3c([2H])c([2H])c([2H])c([2H])c3[2H])c2-[n+]2[c-]n(-c3[c-]c(Oc4[c-]c5c(cc4)c4ccccc4n5-c4cc(C(C)C(C)(C)C)c(-c5ccc(C(C)(C)C)cc5)cn4)ccc3)c3ccccc32)c([2H])c1[2H].[Pt]. The van der Waals surface area contributed by atoms with Gasteiger partial charge in [-0.05, 0) is 78.9 Å². The first kappa shape index (κ1) is 35.7. The molecule has 348 valence electrons. The van der Waals surface area contributed by atoms with E-state index in [-0.39, 0.29) is 65.8 Å². The molecule has 11 aromatic rings. The third kappa shape index (κ3) is 8.58. The van der Waals surface area contributed by atoms with Gasteiger partial charge in [0.1, 0.15) is 5.82 Å². The van der Waals surface area contributed by atoms with Gasteiger partial charge in [-0.15, -0.1) is 29.7 Å². The summed E-state index contributed by atoms with van der Waals surface area (Å²) < 4.78 is 99.5. The summed E-state index contributed by atoms with van der Waals surface area (Å²) >= 11 is 0. The minimum absolute atomic E-state index is 0. The Hall–Kier alpha value is -7.33. The third-order valence-corrected chi connectivity index (χ3v) is 13.1. The Bertz CT molecular complexity index is 4150. The van der Waals surface area contributed by atoms with Crippen LogP contribution in [0.3, 0.4) is 0 Å². The molecule has 6 heteroatoms. The van der Waals surface area contributed by atoms with E-state index < -0.39 is 60.4 Å². The predicted octanol–water partition coefficient (Wildman–Crippen LogP) is 16.0. The van der Waals surface area contributed by atoms with Gasteiger partial charge in [0.15, 0.2) is 0 Å². The van der Waals surface area contributed by atoms with Crippen LogP contribution < -0.4 is 9.30 Å². The molecule has 0 amide bonds. The average Bonchev–Trinajstić information content (AvgIpc) is 4.04. The first-order valence-corrected chi connectivity index (χ1v) is 23.0. The third-order valence-electron chi connectivity index (χ3n) is 13.1. The summed E-state index contributed by atoms with van der Waals surface area (Å²) in [6.45, 7) is 15.7. The van der Waals surface area contributed by atoms with Crippen LogP contribution in [-0.4, -0.2) is 14.1 Å². The summed E-state index contributed by atoms with van der Waals surface area (Å²) in [6, 6.07) is 42.5. The first-order valence-electron chi connectivity index (χ1n) is 28.0. The molecule has 1 atom stereocenters. The molecule has 0 saturated carbocycles. The van der Waals surface area contributed by atoms with Crippen molar-refractivity contribution in [3.63, 3.8) is 0 Å². The molecule has 3 heterocycles. The van der Waals surface area contributed by atoms with Crippen LogP contribution in [0.1, 0.15) is 79.2 Å². The second-order valence-corrected chi connectivity index (χ2v) is 19.4. The van der Waals surface area contributed by atoms with Crippen LogP contribution in [0.15, 0.2) is 194 Å². The van der Waals surface area contributed by atoms with Gasteiger partial charge in [-0.1, -0.05) is 199 Å². The predicted molar refractivity (Wildman–Crippen MR) is 283 cm³/mol. The Kier molecular flexibility index (Phi) is 9.46. The minimum Gasteiger partial charge on any atom is -0.510 e. The fourth-order valence-electron chi connectivity index (χ4n) is 9.08. The van der Waals surface area contributed by atoms with E-state index in [2.05, 4.69) is 114 Å². The normalized spacial score (nSPS) is 14.3. The van der Waals surface area contributed by atoms with Crippen molar-refractivity contribution in [1.82, 2.24) is 14.1 Å². The monoisotopic (exact) mass is 1100 g/mol. The van der Waals surface area contributed by atoms with Crippen molar-refractivity contribution in [2.75, 3.05) is 0 Å². The molecular weight excluding hydrogens is 1040 g/mol. The van der Waals surface area contributed by atoms with E-state index >= 15 is 0 Å². The molecule has 0 bridgehead atoms. The largest absolute Gasteiger partial charge is 0.510 e. The van der Waals surface area contributed by atoms with E-state index in [1.165, 1.54) is 11.1 Å². The number of pyridine rings is 1. The summed E-state index contributed by atoms with van der Waals surface area (Å²) in [5.74, 6) is 1.70. The van der Waals surface area contributed by atoms with Crippen LogP contribution in [0.25, 0.3) is 83.4 Å². The average molecular weight is 1100 g/mol. The fourth-order valence-corrected chi connectivity index (χ4v) is 9.08. The molecule has 0 radical (unpaired) electrons. The number of benzene rings is 8. The number of para-hydroxylation sites is 4. The van der Waals surface area contributed by atoms with Gasteiger partial charge >= 0.3 is 0 Å². The molecule has 0 spiro atoms. The quantitative estimate of drug-likeness (QED) is 0.107. The van der Waals surface area contributed by atoms with Gasteiger partial charge in [0.05, 0.1) is 30.4 Å². The molecule has 1 unspecified atom stereocenters. The van der Waals surface area contributed by atoms with Gasteiger partial charge in [0, 0.05) is 49.8 Å². The van der Waals surface area contributed by atoms with Crippen LogP contribution in [-0.2, 0) is 26.5 Å². The van der Waals surface area contributed by atoms with Gasteiger partial charge in [-0.25, -0.2) is 4.98 Å². The van der Waals surface area contributed by atoms with Gasteiger partial charge in [-0.3, -0.25) is 4.57 Å². The Morgan fingerprint density at radius 3 is 1.91 bits per heavy atom. The number of imidazole rings is 1. The topological polar surface area (TPSA) is 35.9 Å². The number of fused-ring (bicyclic) bond motifs is 4. The minimum atomic E-state index is -0.573. The Balaban J connectivity index is 0.00000720. The van der Waals surface area contributed by atoms with Gasteiger partial charge in [-0.2, -0.15) is 18.2 Å². The Labute approximate surface area is 440 Å². The molecule has 0 N–H and O–H groups in total. The van der Waals surface area contributed by atoms with E-state index in [1.54, 1.807) is 33.4 Å². The van der Waals surface area contributed by atoms with Gasteiger partial charge < -0.3 is 13.9 Å². The van der Waals surface area contributed by atoms with Gasteiger partial charge in [0.25, 0.3) is 6.33 Å². The van der Waals surface area contributed by atoms with E-state index in [1.807, 2.05) is 66.9 Å². The van der Waals surface area contributed by atoms with Crippen LogP contribution in [0.5, 0.6) is 11.5 Å².